The fourth-order valence-corrected chi connectivity index (χ4v) is 3.85. The van der Waals surface area contributed by atoms with E-state index in [1.165, 1.54) is 12.8 Å². The van der Waals surface area contributed by atoms with Crippen LogP contribution >= 0.6 is 8.30 Å². The van der Waals surface area contributed by atoms with E-state index in [0.29, 0.717) is 12.1 Å². The van der Waals surface area contributed by atoms with Crippen molar-refractivity contribution in [2.24, 2.45) is 5.92 Å². The molecular formula is C13H30NOP. The highest BCUT2D eigenvalue weighted by Gasteiger charge is 2.21. The maximum Gasteiger partial charge on any atom is 0.101 e. The van der Waals surface area contributed by atoms with Crippen LogP contribution in [0.1, 0.15) is 60.8 Å². The molecule has 0 bridgehead atoms. The second-order valence-electron chi connectivity index (χ2n) is 5.55. The van der Waals surface area contributed by atoms with Crippen LogP contribution in [0.3, 0.4) is 0 Å². The van der Waals surface area contributed by atoms with Crippen LogP contribution in [0.5, 0.6) is 0 Å². The summed E-state index contributed by atoms with van der Waals surface area (Å²) in [5, 5.41) is 0. The van der Waals surface area contributed by atoms with Gasteiger partial charge in [-0.25, -0.2) is 0 Å². The first-order valence-electron chi connectivity index (χ1n) is 6.60. The molecule has 0 aliphatic carbocycles. The van der Waals surface area contributed by atoms with E-state index in [4.69, 9.17) is 0 Å². The Kier molecular flexibility index (Phi) is 8.63. The van der Waals surface area contributed by atoms with E-state index in [1.807, 2.05) is 0 Å². The van der Waals surface area contributed by atoms with Crippen molar-refractivity contribution in [1.82, 2.24) is 4.67 Å². The van der Waals surface area contributed by atoms with Crippen LogP contribution in [0.2, 0.25) is 0 Å². The molecule has 0 aromatic heterocycles. The van der Waals surface area contributed by atoms with E-state index >= 15 is 0 Å². The summed E-state index contributed by atoms with van der Waals surface area (Å²) >= 11 is 0. The Balaban J connectivity index is 3.88. The molecule has 0 heterocycles. The van der Waals surface area contributed by atoms with Gasteiger partial charge in [-0.15, -0.1) is 0 Å². The Bertz CT molecular complexity index is 163. The molecule has 0 aliphatic rings. The zero-order valence-corrected chi connectivity index (χ0v) is 12.8. The monoisotopic (exact) mass is 247 g/mol. The standard InChI is InChI=1S/C13H30NOP/c1-11(2)9-7-8-10-16(15)14(12(3)4)13(5)6/h11-13,15H,7-10H2,1-6H3. The molecule has 16 heavy (non-hydrogen) atoms. The summed E-state index contributed by atoms with van der Waals surface area (Å²) in [5.74, 6) is 0.788. The van der Waals surface area contributed by atoms with Gasteiger partial charge in [-0.3, -0.25) is 4.67 Å². The van der Waals surface area contributed by atoms with Crippen LogP contribution in [0.4, 0.5) is 0 Å². The minimum Gasteiger partial charge on any atom is -0.359 e. The summed E-state index contributed by atoms with van der Waals surface area (Å²) < 4.78 is 2.25. The Labute approximate surface area is 103 Å². The molecule has 0 aromatic carbocycles. The van der Waals surface area contributed by atoms with Gasteiger partial charge in [-0.1, -0.05) is 26.7 Å². The number of unbranched alkanes of at least 4 members (excludes halogenated alkanes) is 1. The van der Waals surface area contributed by atoms with Gasteiger partial charge in [-0.05, 0) is 40.0 Å². The van der Waals surface area contributed by atoms with Gasteiger partial charge in [-0.2, -0.15) is 0 Å². The lowest BCUT2D eigenvalue weighted by Crippen LogP contribution is -2.32. The molecule has 1 atom stereocenters. The van der Waals surface area contributed by atoms with E-state index in [2.05, 4.69) is 46.2 Å². The fourth-order valence-electron chi connectivity index (χ4n) is 2.05. The van der Waals surface area contributed by atoms with Gasteiger partial charge in [0.1, 0.15) is 8.30 Å². The largest absolute Gasteiger partial charge is 0.359 e. The third-order valence-electron chi connectivity index (χ3n) is 2.71. The maximum absolute atomic E-state index is 10.2. The van der Waals surface area contributed by atoms with Gasteiger partial charge in [0.2, 0.25) is 0 Å². The normalized spacial score (nSPS) is 14.4. The third-order valence-corrected chi connectivity index (χ3v) is 4.89. The van der Waals surface area contributed by atoms with E-state index in [1.54, 1.807) is 0 Å². The number of hydrogen-bond donors (Lipinski definition) is 1. The highest BCUT2D eigenvalue weighted by Crippen LogP contribution is 2.40. The Hall–Kier alpha value is 0.350. The van der Waals surface area contributed by atoms with Crippen LogP contribution in [-0.4, -0.2) is 27.8 Å². The summed E-state index contributed by atoms with van der Waals surface area (Å²) in [6.07, 6.45) is 4.67. The Morgan fingerprint density at radius 3 is 1.81 bits per heavy atom. The highest BCUT2D eigenvalue weighted by molar-refractivity contribution is 7.48. The van der Waals surface area contributed by atoms with Crippen molar-refractivity contribution in [2.75, 3.05) is 6.16 Å². The third kappa shape index (κ3) is 6.83. The quantitative estimate of drug-likeness (QED) is 0.512. The molecule has 0 aliphatic heterocycles. The van der Waals surface area contributed by atoms with Crippen molar-refractivity contribution in [1.29, 1.82) is 0 Å². The van der Waals surface area contributed by atoms with Crippen molar-refractivity contribution in [3.05, 3.63) is 0 Å². The zero-order valence-electron chi connectivity index (χ0n) is 11.9. The summed E-state index contributed by atoms with van der Waals surface area (Å²) in [6, 6.07) is 0.891. The average molecular weight is 247 g/mol. The van der Waals surface area contributed by atoms with Crippen LogP contribution < -0.4 is 0 Å². The summed E-state index contributed by atoms with van der Waals surface area (Å²) in [7, 11) is -0.920. The second kappa shape index (κ2) is 8.44. The van der Waals surface area contributed by atoms with Crippen molar-refractivity contribution < 1.29 is 4.89 Å². The number of rotatable bonds is 8. The fraction of sp³-hybridized carbons (Fsp3) is 1.00. The van der Waals surface area contributed by atoms with E-state index < -0.39 is 8.30 Å². The SMILES string of the molecule is CC(C)CCCCP(O)N(C(C)C)C(C)C. The van der Waals surface area contributed by atoms with Crippen molar-refractivity contribution in [2.45, 2.75) is 72.9 Å². The molecule has 1 unspecified atom stereocenters. The predicted molar refractivity (Wildman–Crippen MR) is 74.8 cm³/mol. The Morgan fingerprint density at radius 2 is 1.44 bits per heavy atom. The highest BCUT2D eigenvalue weighted by atomic mass is 31.2. The minimum atomic E-state index is -0.920. The van der Waals surface area contributed by atoms with Gasteiger partial charge in [0, 0.05) is 18.2 Å². The molecule has 0 rings (SSSR count). The van der Waals surface area contributed by atoms with Crippen molar-refractivity contribution in [3.63, 3.8) is 0 Å². The summed E-state index contributed by atoms with van der Waals surface area (Å²) in [6.45, 7) is 13.2. The zero-order chi connectivity index (χ0) is 12.7. The molecule has 0 saturated heterocycles. The average Bonchev–Trinajstić information content (AvgIpc) is 2.10. The van der Waals surface area contributed by atoms with Crippen LogP contribution in [-0.2, 0) is 0 Å². The van der Waals surface area contributed by atoms with E-state index in [0.717, 1.165) is 18.5 Å². The summed E-state index contributed by atoms with van der Waals surface area (Å²) in [5.41, 5.74) is 0. The molecule has 98 valence electrons. The molecule has 0 fully saturated rings. The van der Waals surface area contributed by atoms with E-state index in [-0.39, 0.29) is 0 Å². The summed E-state index contributed by atoms with van der Waals surface area (Å²) in [4.78, 5) is 10.2. The predicted octanol–water partition coefficient (Wildman–Crippen LogP) is 4.24. The lowest BCUT2D eigenvalue weighted by molar-refractivity contribution is 0.296. The van der Waals surface area contributed by atoms with Crippen LogP contribution in [0.15, 0.2) is 0 Å². The van der Waals surface area contributed by atoms with Crippen LogP contribution in [0, 0.1) is 5.92 Å². The number of nitrogens with zero attached hydrogens (tertiary/aromatic N) is 1. The molecular weight excluding hydrogens is 217 g/mol. The van der Waals surface area contributed by atoms with Gasteiger partial charge >= 0.3 is 0 Å². The molecule has 1 N–H and O–H groups in total. The molecule has 0 spiro atoms. The van der Waals surface area contributed by atoms with Gasteiger partial charge in [0.05, 0.1) is 0 Å². The number of hydrogen-bond acceptors (Lipinski definition) is 2. The maximum atomic E-state index is 10.2. The van der Waals surface area contributed by atoms with Gasteiger partial charge in [0.25, 0.3) is 0 Å². The van der Waals surface area contributed by atoms with E-state index in [9.17, 15) is 4.89 Å². The van der Waals surface area contributed by atoms with Gasteiger partial charge in [0.15, 0.2) is 0 Å². The van der Waals surface area contributed by atoms with Crippen molar-refractivity contribution in [3.8, 4) is 0 Å². The Morgan fingerprint density at radius 1 is 0.938 bits per heavy atom. The van der Waals surface area contributed by atoms with Crippen molar-refractivity contribution >= 4 is 8.30 Å². The molecule has 0 radical (unpaired) electrons. The second-order valence-corrected chi connectivity index (χ2v) is 7.21. The molecule has 0 aromatic rings. The minimum absolute atomic E-state index is 0.446. The molecule has 0 saturated carbocycles. The first kappa shape index (κ1) is 16.4. The first-order chi connectivity index (χ1) is 7.36. The first-order valence-corrected chi connectivity index (χ1v) is 8.04. The molecule has 2 nitrogen and oxygen atoms in total. The topological polar surface area (TPSA) is 23.5 Å². The smallest absolute Gasteiger partial charge is 0.101 e. The lowest BCUT2D eigenvalue weighted by atomic mass is 10.1. The van der Waals surface area contributed by atoms with Crippen LogP contribution in [0.25, 0.3) is 0 Å². The lowest BCUT2D eigenvalue weighted by Gasteiger charge is -2.34. The molecule has 0 amide bonds. The van der Waals surface area contributed by atoms with Gasteiger partial charge < -0.3 is 4.89 Å². The molecule has 3 heteroatoms.